The number of amides is 2. The summed E-state index contributed by atoms with van der Waals surface area (Å²) in [4.78, 5) is 28.1. The Kier molecular flexibility index (Phi) is 7.87. The van der Waals surface area contributed by atoms with Gasteiger partial charge in [0.25, 0.3) is 0 Å². The molecule has 2 amide bonds. The first-order valence-corrected chi connectivity index (χ1v) is 10.6. The molecule has 8 nitrogen and oxygen atoms in total. The maximum atomic E-state index is 14.3. The maximum Gasteiger partial charge on any atom is 0.405 e. The van der Waals surface area contributed by atoms with Crippen LogP contribution in [0.15, 0.2) is 18.2 Å². The molecule has 1 aromatic carbocycles. The molecule has 0 saturated carbocycles. The number of piperidine rings is 1. The molecule has 0 aromatic heterocycles. The first-order chi connectivity index (χ1) is 14.5. The zero-order valence-corrected chi connectivity index (χ0v) is 17.4. The Hall–Kier alpha value is -2.39. The highest BCUT2D eigenvalue weighted by Gasteiger charge is 2.35. The van der Waals surface area contributed by atoms with Gasteiger partial charge in [-0.05, 0) is 50.9 Å². The first-order valence-electron chi connectivity index (χ1n) is 10.6. The molecule has 3 rings (SSSR count). The molecule has 2 aliphatic heterocycles. The molecule has 0 bridgehead atoms. The summed E-state index contributed by atoms with van der Waals surface area (Å²) in [6.07, 6.45) is 0.363. The molecule has 166 valence electrons. The van der Waals surface area contributed by atoms with E-state index in [1.165, 1.54) is 6.07 Å². The molecule has 0 aliphatic carbocycles. The minimum absolute atomic E-state index is 0.0000417. The normalized spacial score (nSPS) is 19.3. The van der Waals surface area contributed by atoms with Crippen molar-refractivity contribution < 1.29 is 23.8 Å². The fourth-order valence-corrected chi connectivity index (χ4v) is 4.22. The highest BCUT2D eigenvalue weighted by Crippen LogP contribution is 2.24. The quantitative estimate of drug-likeness (QED) is 0.617. The summed E-state index contributed by atoms with van der Waals surface area (Å²) in [5.41, 5.74) is 0.527. The van der Waals surface area contributed by atoms with E-state index < -0.39 is 12.1 Å². The van der Waals surface area contributed by atoms with E-state index >= 15 is 0 Å². The molecule has 1 unspecified atom stereocenters. The van der Waals surface area contributed by atoms with Crippen molar-refractivity contribution in [3.63, 3.8) is 0 Å². The summed E-state index contributed by atoms with van der Waals surface area (Å²) in [7, 11) is 0. The number of carboxylic acid groups (broad SMARTS) is 1. The number of carbonyl (C=O) groups excluding carboxylic acids is 1. The number of hydrogen-bond acceptors (Lipinski definition) is 5. The Bertz CT molecular complexity index is 734. The van der Waals surface area contributed by atoms with E-state index in [1.54, 1.807) is 17.0 Å². The Morgan fingerprint density at radius 2 is 1.97 bits per heavy atom. The Morgan fingerprint density at radius 1 is 1.27 bits per heavy atom. The number of benzene rings is 1. The van der Waals surface area contributed by atoms with Crippen LogP contribution in [-0.2, 0) is 11.3 Å². The number of halogens is 1. The average molecular weight is 423 g/mol. The largest absolute Gasteiger partial charge is 0.493 e. The van der Waals surface area contributed by atoms with Crippen molar-refractivity contribution in [1.29, 1.82) is 0 Å². The van der Waals surface area contributed by atoms with E-state index in [0.29, 0.717) is 50.6 Å². The first kappa shape index (κ1) is 22.3. The third-order valence-electron chi connectivity index (χ3n) is 5.84. The van der Waals surface area contributed by atoms with Crippen molar-refractivity contribution in [2.75, 3.05) is 45.9 Å². The van der Waals surface area contributed by atoms with Crippen LogP contribution in [0.2, 0.25) is 0 Å². The van der Waals surface area contributed by atoms with E-state index in [-0.39, 0.29) is 17.6 Å². The van der Waals surface area contributed by atoms with Crippen LogP contribution in [0.3, 0.4) is 0 Å². The highest BCUT2D eigenvalue weighted by molar-refractivity contribution is 5.85. The molecule has 0 radical (unpaired) electrons. The monoisotopic (exact) mass is 422 g/mol. The number of carbonyl (C=O) groups is 2. The van der Waals surface area contributed by atoms with Crippen LogP contribution in [0.1, 0.15) is 25.3 Å². The zero-order chi connectivity index (χ0) is 21.5. The van der Waals surface area contributed by atoms with Crippen LogP contribution in [0.5, 0.6) is 5.75 Å². The number of nitrogens with zero attached hydrogens (tertiary/aromatic N) is 2. The Morgan fingerprint density at radius 3 is 2.60 bits per heavy atom. The lowest BCUT2D eigenvalue weighted by molar-refractivity contribution is -0.136. The summed E-state index contributed by atoms with van der Waals surface area (Å²) in [6, 6.07) is 4.12. The number of rotatable bonds is 7. The number of piperazine rings is 1. The minimum atomic E-state index is -1.17. The van der Waals surface area contributed by atoms with Gasteiger partial charge in [0.05, 0.1) is 6.61 Å². The SMILES string of the molecule is CCOc1cccc(F)c1CN1CCN(C(=O)C(NC(=O)O)C2CCNCC2)CC1. The predicted octanol–water partition coefficient (Wildman–Crippen LogP) is 1.50. The van der Waals surface area contributed by atoms with E-state index in [9.17, 15) is 19.1 Å². The third-order valence-corrected chi connectivity index (χ3v) is 5.84. The highest BCUT2D eigenvalue weighted by atomic mass is 19.1. The molecular formula is C21H31FN4O4. The van der Waals surface area contributed by atoms with Gasteiger partial charge in [-0.25, -0.2) is 9.18 Å². The number of nitrogens with one attached hydrogen (secondary N) is 2. The summed E-state index contributed by atoms with van der Waals surface area (Å²) in [5, 5.41) is 14.9. The van der Waals surface area contributed by atoms with E-state index in [0.717, 1.165) is 25.9 Å². The van der Waals surface area contributed by atoms with Gasteiger partial charge in [-0.15, -0.1) is 0 Å². The second kappa shape index (κ2) is 10.6. The molecule has 2 aliphatic rings. The van der Waals surface area contributed by atoms with Crippen molar-refractivity contribution >= 4 is 12.0 Å². The fourth-order valence-electron chi connectivity index (χ4n) is 4.22. The Balaban J connectivity index is 1.60. The van der Waals surface area contributed by atoms with Gasteiger partial charge in [-0.2, -0.15) is 0 Å². The summed E-state index contributed by atoms with van der Waals surface area (Å²) in [6.45, 7) is 6.48. The molecule has 3 N–H and O–H groups in total. The molecule has 2 saturated heterocycles. The standard InChI is InChI=1S/C21H31FN4O4/c1-2-30-18-5-3-4-17(22)16(18)14-25-10-12-26(13-11-25)20(27)19(24-21(28)29)15-6-8-23-9-7-15/h3-5,15,19,23-24H,2,6-14H2,1H3,(H,28,29). The van der Waals surface area contributed by atoms with Gasteiger partial charge in [-0.1, -0.05) is 6.07 Å². The third kappa shape index (κ3) is 5.60. The lowest BCUT2D eigenvalue weighted by Crippen LogP contribution is -2.57. The minimum Gasteiger partial charge on any atom is -0.493 e. The van der Waals surface area contributed by atoms with Gasteiger partial charge in [0.2, 0.25) is 5.91 Å². The van der Waals surface area contributed by atoms with Crippen molar-refractivity contribution in [3.05, 3.63) is 29.6 Å². The van der Waals surface area contributed by atoms with Crippen LogP contribution in [0, 0.1) is 11.7 Å². The van der Waals surface area contributed by atoms with Crippen LogP contribution < -0.4 is 15.4 Å². The summed E-state index contributed by atoms with van der Waals surface area (Å²) in [5.74, 6) is 0.0913. The van der Waals surface area contributed by atoms with Crippen LogP contribution in [0.4, 0.5) is 9.18 Å². The van der Waals surface area contributed by atoms with E-state index in [4.69, 9.17) is 4.74 Å². The molecule has 30 heavy (non-hydrogen) atoms. The second-order valence-electron chi connectivity index (χ2n) is 7.77. The van der Waals surface area contributed by atoms with E-state index in [1.807, 2.05) is 6.92 Å². The molecule has 2 heterocycles. The molecule has 2 fully saturated rings. The van der Waals surface area contributed by atoms with Gasteiger partial charge < -0.3 is 25.4 Å². The van der Waals surface area contributed by atoms with E-state index in [2.05, 4.69) is 15.5 Å². The average Bonchev–Trinajstić information content (AvgIpc) is 2.75. The fraction of sp³-hybridized carbons (Fsp3) is 0.619. The molecule has 9 heteroatoms. The van der Waals surface area contributed by atoms with Gasteiger partial charge >= 0.3 is 6.09 Å². The van der Waals surface area contributed by atoms with Crippen molar-refractivity contribution in [1.82, 2.24) is 20.4 Å². The lowest BCUT2D eigenvalue weighted by atomic mass is 9.89. The van der Waals surface area contributed by atoms with Gasteiger partial charge in [-0.3, -0.25) is 9.69 Å². The molecule has 0 spiro atoms. The van der Waals surface area contributed by atoms with Crippen LogP contribution in [0.25, 0.3) is 0 Å². The summed E-state index contributed by atoms with van der Waals surface area (Å²) < 4.78 is 19.9. The van der Waals surface area contributed by atoms with Crippen molar-refractivity contribution in [2.45, 2.75) is 32.4 Å². The molecule has 1 aromatic rings. The van der Waals surface area contributed by atoms with Crippen molar-refractivity contribution in [3.8, 4) is 5.75 Å². The lowest BCUT2D eigenvalue weighted by Gasteiger charge is -2.38. The number of hydrogen-bond donors (Lipinski definition) is 3. The smallest absolute Gasteiger partial charge is 0.405 e. The van der Waals surface area contributed by atoms with Crippen LogP contribution in [-0.4, -0.2) is 78.8 Å². The molecular weight excluding hydrogens is 391 g/mol. The van der Waals surface area contributed by atoms with Gasteiger partial charge in [0.1, 0.15) is 17.6 Å². The Labute approximate surface area is 176 Å². The summed E-state index contributed by atoms with van der Waals surface area (Å²) >= 11 is 0. The van der Waals surface area contributed by atoms with Gasteiger partial charge in [0.15, 0.2) is 0 Å². The molecule has 1 atom stereocenters. The second-order valence-corrected chi connectivity index (χ2v) is 7.77. The van der Waals surface area contributed by atoms with Crippen LogP contribution >= 0.6 is 0 Å². The van der Waals surface area contributed by atoms with Gasteiger partial charge in [0, 0.05) is 38.3 Å². The number of ether oxygens (including phenoxy) is 1. The zero-order valence-electron chi connectivity index (χ0n) is 17.4. The van der Waals surface area contributed by atoms with Crippen molar-refractivity contribution in [2.24, 2.45) is 5.92 Å². The topological polar surface area (TPSA) is 94.1 Å². The maximum absolute atomic E-state index is 14.3. The predicted molar refractivity (Wildman–Crippen MR) is 110 cm³/mol.